The Kier molecular flexibility index (Phi) is 3.52. The van der Waals surface area contributed by atoms with Crippen LogP contribution in [0.2, 0.25) is 0 Å². The Morgan fingerprint density at radius 2 is 1.73 bits per heavy atom. The number of carbonyl (C=O) groups is 1. The molecule has 0 bridgehead atoms. The number of hydrogen-bond acceptors (Lipinski definition) is 2. The Morgan fingerprint density at radius 1 is 1.05 bits per heavy atom. The van der Waals surface area contributed by atoms with Gasteiger partial charge < -0.3 is 9.64 Å². The topological polar surface area (TPSA) is 29.5 Å². The van der Waals surface area contributed by atoms with Crippen LogP contribution in [0.4, 0.5) is 18.9 Å². The van der Waals surface area contributed by atoms with Gasteiger partial charge in [-0.2, -0.15) is 13.2 Å². The minimum Gasteiger partial charge on any atom is -0.490 e. The molecular formula is C16H12F3NO2. The Balaban J connectivity index is 2.04. The number of ether oxygens (including phenoxy) is 1. The number of halogens is 3. The van der Waals surface area contributed by atoms with Gasteiger partial charge in [0.2, 0.25) is 0 Å². The van der Waals surface area contributed by atoms with E-state index in [9.17, 15) is 18.0 Å². The summed E-state index contributed by atoms with van der Waals surface area (Å²) in [6.45, 7) is 0.457. The van der Waals surface area contributed by atoms with Gasteiger partial charge in [0.15, 0.2) is 0 Å². The third-order valence-corrected chi connectivity index (χ3v) is 3.44. The van der Waals surface area contributed by atoms with E-state index in [2.05, 4.69) is 0 Å². The van der Waals surface area contributed by atoms with E-state index in [1.165, 1.54) is 23.1 Å². The first-order valence-corrected chi connectivity index (χ1v) is 6.68. The molecular weight excluding hydrogens is 295 g/mol. The predicted molar refractivity (Wildman–Crippen MR) is 75.1 cm³/mol. The number of carbonyl (C=O) groups excluding carboxylic acids is 1. The highest BCUT2D eigenvalue weighted by Gasteiger charge is 2.36. The number of para-hydroxylation sites is 2. The molecule has 6 heteroatoms. The van der Waals surface area contributed by atoms with Crippen molar-refractivity contribution in [1.29, 1.82) is 0 Å². The summed E-state index contributed by atoms with van der Waals surface area (Å²) >= 11 is 0. The first-order chi connectivity index (χ1) is 10.5. The molecule has 2 aromatic rings. The molecule has 1 heterocycles. The van der Waals surface area contributed by atoms with Crippen molar-refractivity contribution in [3.8, 4) is 5.75 Å². The van der Waals surface area contributed by atoms with Crippen LogP contribution in [-0.4, -0.2) is 19.1 Å². The predicted octanol–water partition coefficient (Wildman–Crippen LogP) is 3.74. The van der Waals surface area contributed by atoms with E-state index in [1.54, 1.807) is 24.3 Å². The van der Waals surface area contributed by atoms with E-state index in [0.717, 1.165) is 6.07 Å². The van der Waals surface area contributed by atoms with Crippen molar-refractivity contribution in [3.63, 3.8) is 0 Å². The maximum Gasteiger partial charge on any atom is 0.417 e. The van der Waals surface area contributed by atoms with Crippen molar-refractivity contribution < 1.29 is 22.7 Å². The van der Waals surface area contributed by atoms with Gasteiger partial charge in [0.05, 0.1) is 23.4 Å². The molecule has 1 amide bonds. The standard InChI is InChI=1S/C16H12F3NO2/c17-16(18,19)12-6-2-1-5-11(12)15(21)20-9-10-22-14-8-4-3-7-13(14)20/h1-8H,9-10H2. The lowest BCUT2D eigenvalue weighted by Crippen LogP contribution is -2.38. The van der Waals surface area contributed by atoms with Crippen LogP contribution in [0.25, 0.3) is 0 Å². The molecule has 0 unspecified atom stereocenters. The summed E-state index contributed by atoms with van der Waals surface area (Å²) in [7, 11) is 0. The molecule has 2 aromatic carbocycles. The number of nitrogens with zero attached hydrogens (tertiary/aromatic N) is 1. The van der Waals surface area contributed by atoms with Crippen LogP contribution in [-0.2, 0) is 6.18 Å². The van der Waals surface area contributed by atoms with Gasteiger partial charge in [-0.15, -0.1) is 0 Å². The molecule has 0 atom stereocenters. The van der Waals surface area contributed by atoms with Gasteiger partial charge in [0, 0.05) is 0 Å². The maximum atomic E-state index is 13.1. The summed E-state index contributed by atoms with van der Waals surface area (Å²) < 4.78 is 44.7. The number of alkyl halides is 3. The number of anilines is 1. The smallest absolute Gasteiger partial charge is 0.417 e. The number of rotatable bonds is 1. The largest absolute Gasteiger partial charge is 0.490 e. The molecule has 1 aliphatic rings. The van der Waals surface area contributed by atoms with Crippen LogP contribution in [0.15, 0.2) is 48.5 Å². The number of amides is 1. The normalized spacial score (nSPS) is 14.2. The maximum absolute atomic E-state index is 13.1. The first kappa shape index (κ1) is 14.4. The van der Waals surface area contributed by atoms with E-state index in [-0.39, 0.29) is 18.7 Å². The fourth-order valence-electron chi connectivity index (χ4n) is 2.44. The lowest BCUT2D eigenvalue weighted by molar-refractivity contribution is -0.137. The zero-order valence-electron chi connectivity index (χ0n) is 11.4. The summed E-state index contributed by atoms with van der Waals surface area (Å²) in [5.41, 5.74) is -0.800. The fourth-order valence-corrected chi connectivity index (χ4v) is 2.44. The van der Waals surface area contributed by atoms with Crippen LogP contribution in [0.5, 0.6) is 5.75 Å². The molecule has 0 aromatic heterocycles. The van der Waals surface area contributed by atoms with Gasteiger partial charge >= 0.3 is 6.18 Å². The monoisotopic (exact) mass is 307 g/mol. The molecule has 22 heavy (non-hydrogen) atoms. The Hall–Kier alpha value is -2.50. The molecule has 1 aliphatic heterocycles. The highest BCUT2D eigenvalue weighted by molar-refractivity contribution is 6.08. The first-order valence-electron chi connectivity index (χ1n) is 6.68. The third kappa shape index (κ3) is 2.52. The minimum atomic E-state index is -4.57. The van der Waals surface area contributed by atoms with Gasteiger partial charge in [-0.3, -0.25) is 4.79 Å². The molecule has 0 saturated heterocycles. The minimum absolute atomic E-state index is 0.210. The van der Waals surface area contributed by atoms with Gasteiger partial charge in [0.25, 0.3) is 5.91 Å². The SMILES string of the molecule is O=C(c1ccccc1C(F)(F)F)N1CCOc2ccccc21. The summed E-state index contributed by atoms with van der Waals surface area (Å²) in [4.78, 5) is 13.9. The average Bonchev–Trinajstić information content (AvgIpc) is 2.53. The average molecular weight is 307 g/mol. The van der Waals surface area contributed by atoms with Gasteiger partial charge in [-0.1, -0.05) is 24.3 Å². The molecule has 0 fully saturated rings. The van der Waals surface area contributed by atoms with Crippen LogP contribution in [0, 0.1) is 0 Å². The van der Waals surface area contributed by atoms with E-state index in [0.29, 0.717) is 11.4 Å². The van der Waals surface area contributed by atoms with E-state index in [1.807, 2.05) is 0 Å². The lowest BCUT2D eigenvalue weighted by atomic mass is 10.0. The molecule has 0 radical (unpaired) electrons. The Labute approximate surface area is 124 Å². The van der Waals surface area contributed by atoms with E-state index >= 15 is 0 Å². The van der Waals surface area contributed by atoms with E-state index in [4.69, 9.17) is 4.74 Å². The summed E-state index contributed by atoms with van der Waals surface area (Å²) in [6, 6.07) is 11.6. The third-order valence-electron chi connectivity index (χ3n) is 3.44. The van der Waals surface area contributed by atoms with Crippen LogP contribution < -0.4 is 9.64 Å². The van der Waals surface area contributed by atoms with Crippen LogP contribution >= 0.6 is 0 Å². The van der Waals surface area contributed by atoms with Crippen LogP contribution in [0.1, 0.15) is 15.9 Å². The number of hydrogen-bond donors (Lipinski definition) is 0. The van der Waals surface area contributed by atoms with E-state index < -0.39 is 17.6 Å². The molecule has 0 spiro atoms. The highest BCUT2D eigenvalue weighted by atomic mass is 19.4. The van der Waals surface area contributed by atoms with Crippen molar-refractivity contribution in [2.45, 2.75) is 6.18 Å². The van der Waals surface area contributed by atoms with Crippen molar-refractivity contribution in [3.05, 3.63) is 59.7 Å². The number of fused-ring (bicyclic) bond motifs is 1. The quantitative estimate of drug-likeness (QED) is 0.803. The Bertz CT molecular complexity index is 713. The molecule has 0 saturated carbocycles. The number of benzene rings is 2. The summed E-state index contributed by atoms with van der Waals surface area (Å²) in [6.07, 6.45) is -4.57. The molecule has 0 N–H and O–H groups in total. The van der Waals surface area contributed by atoms with Crippen molar-refractivity contribution in [1.82, 2.24) is 0 Å². The lowest BCUT2D eigenvalue weighted by Gasteiger charge is -2.30. The van der Waals surface area contributed by atoms with Crippen molar-refractivity contribution in [2.75, 3.05) is 18.1 Å². The Morgan fingerprint density at radius 3 is 2.50 bits per heavy atom. The molecule has 3 nitrogen and oxygen atoms in total. The van der Waals surface area contributed by atoms with Crippen LogP contribution in [0.3, 0.4) is 0 Å². The van der Waals surface area contributed by atoms with Crippen molar-refractivity contribution >= 4 is 11.6 Å². The highest BCUT2D eigenvalue weighted by Crippen LogP contribution is 2.35. The molecule has 3 rings (SSSR count). The van der Waals surface area contributed by atoms with Gasteiger partial charge in [0.1, 0.15) is 12.4 Å². The van der Waals surface area contributed by atoms with Crippen molar-refractivity contribution in [2.24, 2.45) is 0 Å². The molecule has 114 valence electrons. The second-order valence-electron chi connectivity index (χ2n) is 4.82. The van der Waals surface area contributed by atoms with Gasteiger partial charge in [-0.25, -0.2) is 0 Å². The zero-order valence-corrected chi connectivity index (χ0v) is 11.4. The second-order valence-corrected chi connectivity index (χ2v) is 4.82. The molecule has 0 aliphatic carbocycles. The van der Waals surface area contributed by atoms with Gasteiger partial charge in [-0.05, 0) is 24.3 Å². The fraction of sp³-hybridized carbons (Fsp3) is 0.188. The second kappa shape index (κ2) is 5.36. The zero-order chi connectivity index (χ0) is 15.7. The summed E-state index contributed by atoms with van der Waals surface area (Å²) in [5, 5.41) is 0. The summed E-state index contributed by atoms with van der Waals surface area (Å²) in [5.74, 6) is -0.185.